The number of allylic oxidation sites excluding steroid dienone is 5. The lowest BCUT2D eigenvalue weighted by atomic mass is 9.76. The molecule has 0 saturated carbocycles. The van der Waals surface area contributed by atoms with Crippen LogP contribution in [0.2, 0.25) is 20.1 Å². The molecule has 3 atom stereocenters. The molecule has 6 aromatic carbocycles. The summed E-state index contributed by atoms with van der Waals surface area (Å²) in [6.07, 6.45) is 17.9. The quantitative estimate of drug-likeness (QED) is 0.0102. The lowest BCUT2D eigenvalue weighted by molar-refractivity contribution is -0.850. The fourth-order valence-electron chi connectivity index (χ4n) is 14.6. The van der Waals surface area contributed by atoms with E-state index >= 15 is 0 Å². The predicted octanol–water partition coefficient (Wildman–Crippen LogP) is 16.0. The van der Waals surface area contributed by atoms with Gasteiger partial charge in [0.2, 0.25) is 5.91 Å². The molecule has 0 bridgehead atoms. The van der Waals surface area contributed by atoms with Gasteiger partial charge in [-0.1, -0.05) is 167 Å². The van der Waals surface area contributed by atoms with Gasteiger partial charge in [0.15, 0.2) is 22.8 Å². The zero-order valence-electron chi connectivity index (χ0n) is 62.2. The number of unbranched alkanes of at least 4 members (excludes halogenated alkanes) is 3. The van der Waals surface area contributed by atoms with Crippen molar-refractivity contribution in [3.63, 3.8) is 0 Å². The summed E-state index contributed by atoms with van der Waals surface area (Å²) < 4.78 is 123. The Morgan fingerprint density at radius 1 is 0.681 bits per heavy atom. The van der Waals surface area contributed by atoms with Crippen LogP contribution in [0.5, 0.6) is 11.5 Å². The number of fused-ring (bicyclic) bond motifs is 4. The Hall–Kier alpha value is -8.44. The van der Waals surface area contributed by atoms with E-state index in [4.69, 9.17) is 71.4 Å². The Morgan fingerprint density at radius 2 is 1.27 bits per heavy atom. The molecule has 0 spiro atoms. The maximum Gasteiger partial charge on any atom is 0.314 e. The molecule has 1 saturated heterocycles. The summed E-state index contributed by atoms with van der Waals surface area (Å²) in [5.41, 5.74) is 13.8. The monoisotopic (exact) mass is 1680 g/mol. The number of carbonyl (C=O) groups excluding carboxylic acids is 4. The molecule has 6 aromatic rings. The van der Waals surface area contributed by atoms with E-state index in [0.29, 0.717) is 65.0 Å². The smallest absolute Gasteiger partial charge is 0.314 e. The summed E-state index contributed by atoms with van der Waals surface area (Å²) in [4.78, 5) is 51.2. The van der Waals surface area contributed by atoms with Crippen molar-refractivity contribution in [1.29, 1.82) is 5.41 Å². The Kier molecular flexibility index (Phi) is 32.1. The minimum atomic E-state index is -5.33. The Labute approximate surface area is 683 Å². The van der Waals surface area contributed by atoms with E-state index in [2.05, 4.69) is 113 Å². The highest BCUT2D eigenvalue weighted by molar-refractivity contribution is 7.86. The van der Waals surface area contributed by atoms with Crippen molar-refractivity contribution in [3.8, 4) is 33.9 Å². The number of anilines is 2. The van der Waals surface area contributed by atoms with Gasteiger partial charge in [-0.05, 0) is 188 Å². The van der Waals surface area contributed by atoms with Crippen molar-refractivity contribution in [2.24, 2.45) is 5.92 Å². The number of esters is 2. The van der Waals surface area contributed by atoms with E-state index in [1.54, 1.807) is 29.2 Å². The number of hydrogen-bond donors (Lipinski definition) is 3. The van der Waals surface area contributed by atoms with E-state index in [0.717, 1.165) is 78.9 Å². The van der Waals surface area contributed by atoms with Crippen LogP contribution in [-0.4, -0.2) is 106 Å². The standard InChI is InChI=1S/C46H58Cl2N2O5S.C20H14N2O9S2.C15H17Cl2NO3.3CH4/c1-8-9-25-49-39-22-20-32(2)28-35(39)45(5,6)41(49)17-12-10-13-18-42-46(7,36-29-33(3)21-23-40(36)50(42)26-16-27-56(52,53)54)24-15-11-14-19-43(51)55-44-37(47)30-34(4)31-38(44)48;21-13-7-5-11-15(9-3-1-2-4-10(9)20(23)24)12-6-8-14(22)19(33(28,29)30)17(12)31-16(11)18(13)32(25,26)27;1-9-7-12(16)14(13(17)8-9)21-15(20)11-3-5-18(6-4-11)10(2)19;;;/h10,12-13,17-18,20-23,28-31,41H,8-9,11,14-16,19,24-27H2,1-7H3,(H,52,53,54);1-8,21H,22H2,(H,23,24)(H,25,26,27)(H,28,29,30);7-8,11H,3-6H2,1-2H3;3*1H4/p-3/b13-10+,17-12+,42-18-;;;;;. The molecule has 3 unspecified atom stereocenters. The third kappa shape index (κ3) is 22.0. The van der Waals surface area contributed by atoms with Crippen LogP contribution in [0, 0.1) is 39.0 Å². The summed E-state index contributed by atoms with van der Waals surface area (Å²) in [6.45, 7) is 21.3. The fraction of sp³-hybridized carbons (Fsp3) is 0.369. The predicted molar refractivity (Wildman–Crippen MR) is 441 cm³/mol. The molecule has 610 valence electrons. The van der Waals surface area contributed by atoms with Gasteiger partial charge in [0.25, 0.3) is 0 Å². The van der Waals surface area contributed by atoms with Crippen molar-refractivity contribution in [3.05, 3.63) is 210 Å². The third-order valence-electron chi connectivity index (χ3n) is 20.1. The van der Waals surface area contributed by atoms with Gasteiger partial charge in [-0.25, -0.2) is 25.3 Å². The van der Waals surface area contributed by atoms with Gasteiger partial charge in [0, 0.05) is 83.2 Å². The van der Waals surface area contributed by atoms with Crippen molar-refractivity contribution >= 4 is 129 Å². The number of rotatable bonds is 23. The van der Waals surface area contributed by atoms with Crippen LogP contribution in [0.3, 0.4) is 0 Å². The highest BCUT2D eigenvalue weighted by Gasteiger charge is 2.48. The number of nitrogens with one attached hydrogen (secondary N) is 2. The Balaban J connectivity index is 0.000000294. The zero-order valence-corrected chi connectivity index (χ0v) is 67.7. The van der Waals surface area contributed by atoms with E-state index in [1.807, 2.05) is 13.8 Å². The topological polar surface area (TPSA) is 355 Å². The second kappa shape index (κ2) is 38.8. The van der Waals surface area contributed by atoms with Crippen LogP contribution in [0.4, 0.5) is 17.1 Å². The number of nitrogen functional groups attached to an aromatic ring is 1. The summed E-state index contributed by atoms with van der Waals surface area (Å²) in [5.74, 6) is -3.26. The average molecular weight is 1690 g/mol. The van der Waals surface area contributed by atoms with Crippen LogP contribution in [0.1, 0.15) is 165 Å². The first-order valence-electron chi connectivity index (χ1n) is 35.7. The van der Waals surface area contributed by atoms with Crippen LogP contribution in [0.15, 0.2) is 159 Å². The normalized spacial score (nSPS) is 17.0. The number of aromatic carboxylic acids is 1. The van der Waals surface area contributed by atoms with Crippen LogP contribution in [-0.2, 0) is 55.6 Å². The van der Waals surface area contributed by atoms with Crippen molar-refractivity contribution in [2.75, 3.05) is 42.6 Å². The third-order valence-corrected chi connectivity index (χ3v) is 23.8. The molecule has 113 heavy (non-hydrogen) atoms. The van der Waals surface area contributed by atoms with Crippen molar-refractivity contribution in [1.82, 2.24) is 4.90 Å². The molecule has 4 heterocycles. The van der Waals surface area contributed by atoms with Gasteiger partial charge in [-0.3, -0.25) is 24.7 Å². The minimum absolute atomic E-state index is 0. The van der Waals surface area contributed by atoms with Gasteiger partial charge in [-0.15, -0.1) is 0 Å². The van der Waals surface area contributed by atoms with E-state index in [-0.39, 0.29) is 109 Å². The lowest BCUT2D eigenvalue weighted by Crippen LogP contribution is -3.10. The number of carboxylic acids is 1. The van der Waals surface area contributed by atoms with Gasteiger partial charge >= 0.3 is 11.9 Å². The van der Waals surface area contributed by atoms with E-state index < -0.39 is 74.3 Å². The number of quaternary nitrogens is 1. The number of amides is 1. The highest BCUT2D eigenvalue weighted by atomic mass is 35.5. The maximum atomic E-state index is 12.7. The molecular formula is C84H98Cl4N5O17S3-3. The first kappa shape index (κ1) is 93.4. The first-order chi connectivity index (χ1) is 51.7. The number of aryl methyl sites for hydroxylation is 4. The molecule has 0 radical (unpaired) electrons. The van der Waals surface area contributed by atoms with Crippen LogP contribution in [0.25, 0.3) is 33.4 Å². The number of carbonyl (C=O) groups is 4. The number of hydrogen-bond acceptors (Lipinski definition) is 20. The maximum absolute atomic E-state index is 12.7. The first-order valence-corrected chi connectivity index (χ1v) is 41.6. The molecule has 29 heteroatoms. The SMILES string of the molecule is C.C.C.CC(=O)N1CCC(C(=O)Oc2c(Cl)cc(C)cc2Cl)CC1.CCCC[NH+]1c2ccc(C)cc2C(C)(C)C1/C=C/C=C/C=C1\N(CCCS(=O)(=O)[O-])c2ccc(C)cc2C1(C)CCCCCC(=O)Oc1c(Cl)cc(C)cc1Cl.N=c1ccc2c(-c3ccccc3C(=O)[O-])c3ccc(N)c(S(=O)(=O)[O-])c3oc-2c1S(=O)(=O)[O-]. The molecule has 1 fully saturated rings. The van der Waals surface area contributed by atoms with Crippen LogP contribution < -0.4 is 35.5 Å². The summed E-state index contributed by atoms with van der Waals surface area (Å²) in [5, 5.41) is 20.0. The molecular weight excluding hydrogens is 1590 g/mol. The largest absolute Gasteiger partial charge is 0.748 e. The van der Waals surface area contributed by atoms with Gasteiger partial charge in [-0.2, -0.15) is 0 Å². The average Bonchev–Trinajstić information content (AvgIpc) is 1.67. The minimum Gasteiger partial charge on any atom is -0.748 e. The highest BCUT2D eigenvalue weighted by Crippen LogP contribution is 2.52. The summed E-state index contributed by atoms with van der Waals surface area (Å²) in [7, 11) is -15.0. The number of nitrogens with two attached hydrogens (primary N) is 1. The molecule has 4 aliphatic heterocycles. The van der Waals surface area contributed by atoms with Crippen LogP contribution >= 0.6 is 46.4 Å². The Morgan fingerprint density at radius 3 is 1.84 bits per heavy atom. The lowest BCUT2D eigenvalue weighted by Gasteiger charge is -2.31. The number of likely N-dealkylation sites (tertiary alicyclic amines) is 1. The molecule has 0 aromatic heterocycles. The van der Waals surface area contributed by atoms with Crippen molar-refractivity contribution in [2.45, 2.75) is 175 Å². The second-order valence-corrected chi connectivity index (χ2v) is 34.4. The number of ether oxygens (including phenoxy) is 2. The second-order valence-electron chi connectivity index (χ2n) is 28.6. The number of piperidine rings is 1. The number of halogens is 4. The molecule has 22 nitrogen and oxygen atoms in total. The number of carboxylic acid groups (broad SMARTS) is 1. The molecule has 5 aliphatic rings. The number of nitrogens with zero attached hydrogens (tertiary/aromatic N) is 2. The van der Waals surface area contributed by atoms with Gasteiger partial charge in [0.1, 0.15) is 41.8 Å². The molecule has 11 rings (SSSR count). The number of benzene rings is 7. The fourth-order valence-corrected chi connectivity index (χ4v) is 17.9. The zero-order chi connectivity index (χ0) is 80.7. The van der Waals surface area contributed by atoms with E-state index in [9.17, 15) is 63.2 Å². The van der Waals surface area contributed by atoms with Gasteiger partial charge < -0.3 is 53.0 Å². The summed E-state index contributed by atoms with van der Waals surface area (Å²) in [6, 6.07) is 30.3. The molecule has 1 amide bonds. The Bertz CT molecular complexity index is 5320. The molecule has 4 N–H and O–H groups in total. The van der Waals surface area contributed by atoms with Crippen molar-refractivity contribution < 1.29 is 82.0 Å². The summed E-state index contributed by atoms with van der Waals surface area (Å²) >= 11 is 24.7. The van der Waals surface area contributed by atoms with E-state index in [1.165, 1.54) is 70.6 Å². The molecule has 1 aliphatic carbocycles. The van der Waals surface area contributed by atoms with Gasteiger partial charge in [0.05, 0.1) is 65.1 Å².